The zero-order chi connectivity index (χ0) is 14.6. The molecule has 0 fully saturated rings. The predicted molar refractivity (Wildman–Crippen MR) is 67.2 cm³/mol. The Labute approximate surface area is 120 Å². The van der Waals surface area contributed by atoms with Crippen LogP contribution in [-0.4, -0.2) is 35.4 Å². The van der Waals surface area contributed by atoms with Crippen LogP contribution in [0.1, 0.15) is 10.4 Å². The van der Waals surface area contributed by atoms with Gasteiger partial charge in [0.2, 0.25) is 0 Å². The number of hydrogen-bond acceptors (Lipinski definition) is 1. The first kappa shape index (κ1) is 16.2. The summed E-state index contributed by atoms with van der Waals surface area (Å²) < 4.78 is 49.9. The van der Waals surface area contributed by atoms with Gasteiger partial charge in [-0.1, -0.05) is 27.5 Å². The minimum Gasteiger partial charge on any atom is -0.329 e. The van der Waals surface area contributed by atoms with Crippen LogP contribution in [0.2, 0.25) is 5.02 Å². The summed E-state index contributed by atoms with van der Waals surface area (Å²) in [6.45, 7) is -1.52. The molecular weight excluding hydrogens is 353 g/mol. The lowest BCUT2D eigenvalue weighted by Gasteiger charge is -2.23. The molecule has 0 aliphatic heterocycles. The first-order valence-corrected chi connectivity index (χ1v) is 6.61. The lowest BCUT2D eigenvalue weighted by Crippen LogP contribution is -2.40. The number of alkyl halides is 4. The van der Waals surface area contributed by atoms with Gasteiger partial charge in [0.05, 0.1) is 10.6 Å². The zero-order valence-electron chi connectivity index (χ0n) is 9.48. The second-order valence-corrected chi connectivity index (χ2v) is 4.86. The number of rotatable bonds is 4. The Bertz CT molecular complexity index is 466. The lowest BCUT2D eigenvalue weighted by molar-refractivity contribution is -0.140. The average molecular weight is 363 g/mol. The first-order chi connectivity index (χ1) is 8.74. The summed E-state index contributed by atoms with van der Waals surface area (Å²) >= 11 is 8.63. The van der Waals surface area contributed by atoms with Crippen molar-refractivity contribution in [1.82, 2.24) is 4.90 Å². The second-order valence-electron chi connectivity index (χ2n) is 3.66. The molecule has 0 atom stereocenters. The van der Waals surface area contributed by atoms with Gasteiger partial charge in [-0.3, -0.25) is 4.79 Å². The monoisotopic (exact) mass is 361 g/mol. The van der Waals surface area contributed by atoms with Gasteiger partial charge in [-0.05, 0) is 18.2 Å². The molecule has 106 valence electrons. The van der Waals surface area contributed by atoms with E-state index in [4.69, 9.17) is 11.6 Å². The molecule has 0 aliphatic carbocycles. The van der Waals surface area contributed by atoms with E-state index in [1.807, 2.05) is 0 Å². The van der Waals surface area contributed by atoms with Crippen LogP contribution < -0.4 is 0 Å². The highest BCUT2D eigenvalue weighted by molar-refractivity contribution is 9.09. The normalized spacial score (nSPS) is 11.5. The molecule has 0 spiro atoms. The number of carbonyl (C=O) groups is 1. The maximum Gasteiger partial charge on any atom is 0.406 e. The number of hydrogen-bond donors (Lipinski definition) is 0. The quantitative estimate of drug-likeness (QED) is 0.588. The van der Waals surface area contributed by atoms with Crippen LogP contribution in [0, 0.1) is 5.82 Å². The van der Waals surface area contributed by atoms with Crippen molar-refractivity contribution in [3.05, 3.63) is 34.6 Å². The van der Waals surface area contributed by atoms with E-state index in [0.29, 0.717) is 4.90 Å². The van der Waals surface area contributed by atoms with Gasteiger partial charge in [-0.25, -0.2) is 4.39 Å². The topological polar surface area (TPSA) is 20.3 Å². The fraction of sp³-hybridized carbons (Fsp3) is 0.364. The third kappa shape index (κ3) is 4.99. The van der Waals surface area contributed by atoms with Crippen molar-refractivity contribution in [2.45, 2.75) is 6.18 Å². The SMILES string of the molecule is O=C(c1ccc(F)cc1Cl)N(CCBr)CC(F)(F)F. The van der Waals surface area contributed by atoms with Crippen molar-refractivity contribution in [3.8, 4) is 0 Å². The van der Waals surface area contributed by atoms with Crippen LogP contribution in [0.4, 0.5) is 17.6 Å². The summed E-state index contributed by atoms with van der Waals surface area (Å²) in [5.41, 5.74) is -0.159. The summed E-state index contributed by atoms with van der Waals surface area (Å²) in [4.78, 5) is 12.5. The summed E-state index contributed by atoms with van der Waals surface area (Å²) in [7, 11) is 0. The minimum atomic E-state index is -4.51. The van der Waals surface area contributed by atoms with E-state index in [9.17, 15) is 22.4 Å². The Kier molecular flexibility index (Phi) is 5.61. The smallest absolute Gasteiger partial charge is 0.329 e. The van der Waals surface area contributed by atoms with Gasteiger partial charge in [0.25, 0.3) is 5.91 Å². The molecule has 1 aromatic rings. The van der Waals surface area contributed by atoms with Crippen molar-refractivity contribution >= 4 is 33.4 Å². The zero-order valence-corrected chi connectivity index (χ0v) is 11.8. The van der Waals surface area contributed by atoms with E-state index in [0.717, 1.165) is 18.2 Å². The molecule has 1 amide bonds. The molecule has 19 heavy (non-hydrogen) atoms. The van der Waals surface area contributed by atoms with Crippen molar-refractivity contribution in [3.63, 3.8) is 0 Å². The third-order valence-corrected chi connectivity index (χ3v) is 2.84. The van der Waals surface area contributed by atoms with E-state index in [1.165, 1.54) is 0 Å². The Morgan fingerprint density at radius 1 is 1.37 bits per heavy atom. The summed E-state index contributed by atoms with van der Waals surface area (Å²) in [5, 5.41) is -0.0278. The maximum atomic E-state index is 12.8. The Hall–Kier alpha value is -0.820. The number of halogens is 6. The van der Waals surface area contributed by atoms with E-state index < -0.39 is 24.4 Å². The van der Waals surface area contributed by atoms with Crippen LogP contribution in [0.3, 0.4) is 0 Å². The molecule has 0 aromatic heterocycles. The molecule has 1 aromatic carbocycles. The number of carbonyl (C=O) groups excluding carboxylic acids is 1. The average Bonchev–Trinajstić information content (AvgIpc) is 2.26. The number of benzene rings is 1. The van der Waals surface area contributed by atoms with E-state index >= 15 is 0 Å². The fourth-order valence-corrected chi connectivity index (χ4v) is 2.08. The van der Waals surface area contributed by atoms with Crippen molar-refractivity contribution < 1.29 is 22.4 Å². The highest BCUT2D eigenvalue weighted by Crippen LogP contribution is 2.22. The molecule has 2 nitrogen and oxygen atoms in total. The van der Waals surface area contributed by atoms with Crippen LogP contribution in [-0.2, 0) is 0 Å². The minimum absolute atomic E-state index is 0.133. The molecule has 0 unspecified atom stereocenters. The lowest BCUT2D eigenvalue weighted by atomic mass is 10.2. The predicted octanol–water partition coefficient (Wildman–Crippen LogP) is 3.88. The van der Waals surface area contributed by atoms with Crippen LogP contribution in [0.5, 0.6) is 0 Å². The van der Waals surface area contributed by atoms with Gasteiger partial charge in [0.1, 0.15) is 12.4 Å². The van der Waals surface area contributed by atoms with Gasteiger partial charge < -0.3 is 4.90 Å². The fourth-order valence-electron chi connectivity index (χ4n) is 1.40. The summed E-state index contributed by atoms with van der Waals surface area (Å²) in [5.74, 6) is -1.55. The molecular formula is C11H9BrClF4NO. The van der Waals surface area contributed by atoms with E-state index in [1.54, 1.807) is 0 Å². The first-order valence-electron chi connectivity index (χ1n) is 5.11. The van der Waals surface area contributed by atoms with Crippen molar-refractivity contribution in [2.24, 2.45) is 0 Å². The molecule has 0 aliphatic rings. The highest BCUT2D eigenvalue weighted by atomic mass is 79.9. The van der Waals surface area contributed by atoms with Gasteiger partial charge >= 0.3 is 6.18 Å². The molecule has 8 heteroatoms. The Morgan fingerprint density at radius 2 is 2.00 bits per heavy atom. The Balaban J connectivity index is 2.99. The molecule has 0 bridgehead atoms. The highest BCUT2D eigenvalue weighted by Gasteiger charge is 2.33. The van der Waals surface area contributed by atoms with Gasteiger partial charge in [0, 0.05) is 11.9 Å². The van der Waals surface area contributed by atoms with E-state index in [-0.39, 0.29) is 22.5 Å². The summed E-state index contributed by atoms with van der Waals surface area (Å²) in [6.07, 6.45) is -4.51. The van der Waals surface area contributed by atoms with Crippen LogP contribution in [0.25, 0.3) is 0 Å². The van der Waals surface area contributed by atoms with Crippen molar-refractivity contribution in [1.29, 1.82) is 0 Å². The molecule has 0 N–H and O–H groups in total. The largest absolute Gasteiger partial charge is 0.406 e. The van der Waals surface area contributed by atoms with Gasteiger partial charge in [-0.15, -0.1) is 0 Å². The van der Waals surface area contributed by atoms with Gasteiger partial charge in [-0.2, -0.15) is 13.2 Å². The number of amides is 1. The Morgan fingerprint density at radius 3 is 2.47 bits per heavy atom. The maximum absolute atomic E-state index is 12.8. The van der Waals surface area contributed by atoms with Crippen LogP contribution in [0.15, 0.2) is 18.2 Å². The van der Waals surface area contributed by atoms with Crippen LogP contribution >= 0.6 is 27.5 Å². The molecule has 0 radical (unpaired) electrons. The molecule has 1 rings (SSSR count). The number of nitrogens with zero attached hydrogens (tertiary/aromatic N) is 1. The van der Waals surface area contributed by atoms with E-state index in [2.05, 4.69) is 15.9 Å². The molecule has 0 saturated carbocycles. The van der Waals surface area contributed by atoms with Gasteiger partial charge in [0.15, 0.2) is 0 Å². The standard InChI is InChI=1S/C11H9BrClF4NO/c12-3-4-18(6-11(15,16)17)10(19)8-2-1-7(14)5-9(8)13/h1-2,5H,3-4,6H2. The van der Waals surface area contributed by atoms with Crippen molar-refractivity contribution in [2.75, 3.05) is 18.4 Å². The second kappa shape index (κ2) is 6.56. The molecule has 0 heterocycles. The summed E-state index contributed by atoms with van der Waals surface area (Å²) in [6, 6.07) is 2.92. The third-order valence-electron chi connectivity index (χ3n) is 2.17. The molecule has 0 saturated heterocycles.